The molecule has 2 N–H and O–H groups in total. The van der Waals surface area contributed by atoms with Crippen LogP contribution in [0.1, 0.15) is 41.7 Å². The zero-order valence-corrected chi connectivity index (χ0v) is 15.1. The van der Waals surface area contributed by atoms with Crippen LogP contribution in [0.4, 0.5) is 0 Å². The number of carbonyl (C=O) groups is 1. The van der Waals surface area contributed by atoms with Crippen LogP contribution in [0.15, 0.2) is 41.9 Å². The molecule has 1 aliphatic carbocycles. The molecule has 7 heteroatoms. The van der Waals surface area contributed by atoms with Crippen molar-refractivity contribution in [3.63, 3.8) is 0 Å². The Balaban J connectivity index is 1.31. The third-order valence-electron chi connectivity index (χ3n) is 4.44. The first-order valence-electron chi connectivity index (χ1n) is 8.77. The van der Waals surface area contributed by atoms with E-state index in [2.05, 4.69) is 20.5 Å². The molecule has 3 aromatic heterocycles. The Hall–Kier alpha value is -2.67. The van der Waals surface area contributed by atoms with Gasteiger partial charge in [0.05, 0.1) is 10.6 Å². The minimum Gasteiger partial charge on any atom is -0.474 e. The number of pyridine rings is 1. The van der Waals surface area contributed by atoms with Gasteiger partial charge in [0.1, 0.15) is 6.10 Å². The van der Waals surface area contributed by atoms with E-state index in [-0.39, 0.29) is 5.91 Å². The maximum atomic E-state index is 12.3. The van der Waals surface area contributed by atoms with Crippen molar-refractivity contribution in [1.82, 2.24) is 20.5 Å². The highest BCUT2D eigenvalue weighted by atomic mass is 32.1. The average Bonchev–Trinajstić information content (AvgIpc) is 3.42. The quantitative estimate of drug-likeness (QED) is 0.694. The predicted octanol–water partition coefficient (Wildman–Crippen LogP) is 3.78. The van der Waals surface area contributed by atoms with Gasteiger partial charge in [0, 0.05) is 18.8 Å². The molecule has 3 heterocycles. The van der Waals surface area contributed by atoms with Gasteiger partial charge in [-0.1, -0.05) is 12.1 Å². The normalized spacial score (nSPS) is 14.5. The third kappa shape index (κ3) is 3.94. The number of aromatic nitrogens is 3. The van der Waals surface area contributed by atoms with Crippen molar-refractivity contribution in [2.75, 3.05) is 0 Å². The highest BCUT2D eigenvalue weighted by Gasteiger charge is 2.17. The minimum absolute atomic E-state index is 0.213. The molecule has 0 bridgehead atoms. The molecule has 1 amide bonds. The summed E-state index contributed by atoms with van der Waals surface area (Å²) in [5.41, 5.74) is 2.15. The van der Waals surface area contributed by atoms with Crippen LogP contribution in [0.25, 0.3) is 10.6 Å². The molecule has 26 heavy (non-hydrogen) atoms. The average molecular weight is 368 g/mol. The van der Waals surface area contributed by atoms with Crippen molar-refractivity contribution in [2.45, 2.75) is 38.3 Å². The molecule has 1 fully saturated rings. The number of amides is 1. The molecule has 0 aliphatic heterocycles. The van der Waals surface area contributed by atoms with Crippen LogP contribution in [-0.2, 0) is 6.54 Å². The number of aromatic amines is 1. The Kier molecular flexibility index (Phi) is 4.97. The number of nitrogens with zero attached hydrogens (tertiary/aromatic N) is 2. The predicted molar refractivity (Wildman–Crippen MR) is 100 cm³/mol. The summed E-state index contributed by atoms with van der Waals surface area (Å²) in [6, 6.07) is 9.51. The first-order chi connectivity index (χ1) is 12.8. The van der Waals surface area contributed by atoms with Gasteiger partial charge in [-0.25, -0.2) is 4.98 Å². The smallest absolute Gasteiger partial charge is 0.272 e. The highest BCUT2D eigenvalue weighted by molar-refractivity contribution is 7.13. The molecule has 0 spiro atoms. The monoisotopic (exact) mass is 368 g/mol. The SMILES string of the molecule is O=C(NCc1ccc(OC2CCCC2)nc1)c1cc(-c2cccs2)[nH]n1. The lowest BCUT2D eigenvalue weighted by molar-refractivity contribution is 0.0946. The fourth-order valence-corrected chi connectivity index (χ4v) is 3.72. The molecule has 4 rings (SSSR count). The summed E-state index contributed by atoms with van der Waals surface area (Å²) in [7, 11) is 0. The highest BCUT2D eigenvalue weighted by Crippen LogP contribution is 2.24. The summed E-state index contributed by atoms with van der Waals surface area (Å²) in [6.45, 7) is 0.400. The van der Waals surface area contributed by atoms with Gasteiger partial charge in [-0.15, -0.1) is 11.3 Å². The molecule has 0 unspecified atom stereocenters. The lowest BCUT2D eigenvalue weighted by Gasteiger charge is -2.12. The van der Waals surface area contributed by atoms with E-state index < -0.39 is 0 Å². The van der Waals surface area contributed by atoms with Gasteiger partial charge < -0.3 is 10.1 Å². The van der Waals surface area contributed by atoms with Crippen molar-refractivity contribution >= 4 is 17.2 Å². The molecular weight excluding hydrogens is 348 g/mol. The van der Waals surface area contributed by atoms with E-state index in [0.717, 1.165) is 29.0 Å². The summed E-state index contributed by atoms with van der Waals surface area (Å²) >= 11 is 1.60. The van der Waals surface area contributed by atoms with Crippen LogP contribution >= 0.6 is 11.3 Å². The fourth-order valence-electron chi connectivity index (χ4n) is 3.03. The molecule has 3 aromatic rings. The molecule has 0 atom stereocenters. The topological polar surface area (TPSA) is 79.9 Å². The second kappa shape index (κ2) is 7.70. The van der Waals surface area contributed by atoms with E-state index in [9.17, 15) is 4.79 Å². The molecule has 6 nitrogen and oxygen atoms in total. The first-order valence-corrected chi connectivity index (χ1v) is 9.65. The van der Waals surface area contributed by atoms with Gasteiger partial charge in [0.15, 0.2) is 5.69 Å². The van der Waals surface area contributed by atoms with Crippen LogP contribution in [0.3, 0.4) is 0 Å². The van der Waals surface area contributed by atoms with E-state index in [1.807, 2.05) is 29.6 Å². The van der Waals surface area contributed by atoms with Crippen molar-refractivity contribution in [2.24, 2.45) is 0 Å². The zero-order valence-electron chi connectivity index (χ0n) is 14.3. The molecular formula is C19H20N4O2S. The van der Waals surface area contributed by atoms with E-state index >= 15 is 0 Å². The van der Waals surface area contributed by atoms with E-state index in [1.54, 1.807) is 23.6 Å². The Morgan fingerprint density at radius 3 is 2.92 bits per heavy atom. The zero-order chi connectivity index (χ0) is 17.8. The van der Waals surface area contributed by atoms with Crippen LogP contribution in [0.5, 0.6) is 5.88 Å². The summed E-state index contributed by atoms with van der Waals surface area (Å²) in [5, 5.41) is 11.8. The van der Waals surface area contributed by atoms with Gasteiger partial charge in [-0.3, -0.25) is 9.89 Å². The number of rotatable bonds is 6. The second-order valence-electron chi connectivity index (χ2n) is 6.36. The minimum atomic E-state index is -0.213. The molecule has 1 aliphatic rings. The largest absolute Gasteiger partial charge is 0.474 e. The maximum Gasteiger partial charge on any atom is 0.272 e. The Morgan fingerprint density at radius 1 is 1.31 bits per heavy atom. The Bertz CT molecular complexity index is 852. The number of hydrogen-bond donors (Lipinski definition) is 2. The summed E-state index contributed by atoms with van der Waals surface area (Å²) in [6.07, 6.45) is 6.72. The summed E-state index contributed by atoms with van der Waals surface area (Å²) < 4.78 is 5.85. The van der Waals surface area contributed by atoms with Crippen molar-refractivity contribution < 1.29 is 9.53 Å². The molecule has 134 valence electrons. The van der Waals surface area contributed by atoms with Gasteiger partial charge in [0.2, 0.25) is 5.88 Å². The van der Waals surface area contributed by atoms with Crippen molar-refractivity contribution in [3.8, 4) is 16.5 Å². The van der Waals surface area contributed by atoms with Crippen molar-refractivity contribution in [3.05, 3.63) is 53.2 Å². The summed E-state index contributed by atoms with van der Waals surface area (Å²) in [4.78, 5) is 17.7. The number of thiophene rings is 1. The second-order valence-corrected chi connectivity index (χ2v) is 7.30. The van der Waals surface area contributed by atoms with Crippen LogP contribution in [0.2, 0.25) is 0 Å². The Morgan fingerprint density at radius 2 is 2.19 bits per heavy atom. The number of hydrogen-bond acceptors (Lipinski definition) is 5. The molecule has 0 saturated heterocycles. The fraction of sp³-hybridized carbons (Fsp3) is 0.316. The molecule has 0 aromatic carbocycles. The number of carbonyl (C=O) groups excluding carboxylic acids is 1. The maximum absolute atomic E-state index is 12.3. The number of H-pyrrole nitrogens is 1. The standard InChI is InChI=1S/C19H20N4O2S/c24-19(16-10-15(22-23-16)17-6-3-9-26-17)21-12-13-7-8-18(20-11-13)25-14-4-1-2-5-14/h3,6-11,14H,1-2,4-5,12H2,(H,21,24)(H,22,23). The van der Waals surface area contributed by atoms with Crippen LogP contribution in [-0.4, -0.2) is 27.2 Å². The lowest BCUT2D eigenvalue weighted by atomic mass is 10.2. The lowest BCUT2D eigenvalue weighted by Crippen LogP contribution is -2.23. The van der Waals surface area contributed by atoms with Gasteiger partial charge in [0.25, 0.3) is 5.91 Å². The van der Waals surface area contributed by atoms with Gasteiger partial charge >= 0.3 is 0 Å². The molecule has 0 radical (unpaired) electrons. The first kappa shape index (κ1) is 16.8. The van der Waals surface area contributed by atoms with E-state index in [0.29, 0.717) is 24.2 Å². The number of ether oxygens (including phenoxy) is 1. The summed E-state index contributed by atoms with van der Waals surface area (Å²) in [5.74, 6) is 0.440. The number of nitrogens with one attached hydrogen (secondary N) is 2. The van der Waals surface area contributed by atoms with E-state index in [4.69, 9.17) is 4.74 Å². The van der Waals surface area contributed by atoms with Crippen LogP contribution < -0.4 is 10.1 Å². The van der Waals surface area contributed by atoms with Crippen molar-refractivity contribution in [1.29, 1.82) is 0 Å². The van der Waals surface area contributed by atoms with Gasteiger partial charge in [-0.2, -0.15) is 5.10 Å². The van der Waals surface area contributed by atoms with Crippen LogP contribution in [0, 0.1) is 0 Å². The third-order valence-corrected chi connectivity index (χ3v) is 5.34. The Labute approximate surface area is 155 Å². The van der Waals surface area contributed by atoms with Gasteiger partial charge in [-0.05, 0) is 48.8 Å². The van der Waals surface area contributed by atoms with E-state index in [1.165, 1.54) is 12.8 Å². The molecule has 1 saturated carbocycles.